The highest BCUT2D eigenvalue weighted by Gasteiger charge is 2.23. The minimum atomic E-state index is -2.82. The molecule has 3 N–H and O–H groups in total. The third-order valence-corrected chi connectivity index (χ3v) is 3.34. The van der Waals surface area contributed by atoms with E-state index in [1.165, 1.54) is 12.1 Å². The lowest BCUT2D eigenvalue weighted by atomic mass is 10.1. The average molecular weight is 294 g/mol. The molecule has 1 heterocycles. The summed E-state index contributed by atoms with van der Waals surface area (Å²) in [7, 11) is 0. The Morgan fingerprint density at radius 2 is 1.90 bits per heavy atom. The molecular formula is C15H20F2N4. The maximum atomic E-state index is 13.1. The highest BCUT2D eigenvalue weighted by Crippen LogP contribution is 2.27. The summed E-state index contributed by atoms with van der Waals surface area (Å²) < 4.78 is 26.2. The number of alkyl halides is 2. The van der Waals surface area contributed by atoms with Gasteiger partial charge in [0.25, 0.3) is 5.92 Å². The molecule has 0 radical (unpaired) electrons. The number of hydrogen-bond acceptors (Lipinski definition) is 3. The van der Waals surface area contributed by atoms with Gasteiger partial charge in [-0.2, -0.15) is 0 Å². The van der Waals surface area contributed by atoms with E-state index in [9.17, 15) is 8.78 Å². The summed E-state index contributed by atoms with van der Waals surface area (Å²) in [6.07, 6.45) is 3.33. The summed E-state index contributed by atoms with van der Waals surface area (Å²) in [6, 6.07) is 6.01. The lowest BCUT2D eigenvalue weighted by Gasteiger charge is -2.28. The van der Waals surface area contributed by atoms with E-state index in [0.29, 0.717) is 11.5 Å². The van der Waals surface area contributed by atoms with Crippen LogP contribution in [0.25, 0.3) is 0 Å². The Hall–Kier alpha value is -1.95. The molecule has 1 aliphatic heterocycles. The molecule has 114 valence electrons. The predicted octanol–water partition coefficient (Wildman–Crippen LogP) is 2.61. The monoisotopic (exact) mass is 294 g/mol. The summed E-state index contributed by atoms with van der Waals surface area (Å²) in [5.74, 6) is -2.38. The van der Waals surface area contributed by atoms with E-state index in [-0.39, 0.29) is 5.56 Å². The quantitative estimate of drug-likeness (QED) is 0.591. The molecule has 0 amide bonds. The first kappa shape index (κ1) is 15.4. The molecule has 1 fully saturated rings. The van der Waals surface area contributed by atoms with Gasteiger partial charge in [-0.15, -0.1) is 0 Å². The number of amidine groups is 1. The van der Waals surface area contributed by atoms with Crippen LogP contribution in [0, 0.1) is 5.41 Å². The SMILES string of the molecule is CC(F)(F)c1ccc(N/C=C\C(=N)N2CCNCC2)cc1. The van der Waals surface area contributed by atoms with Crippen molar-refractivity contribution in [3.8, 4) is 0 Å². The number of piperazine rings is 1. The van der Waals surface area contributed by atoms with Crippen molar-refractivity contribution in [3.05, 3.63) is 42.1 Å². The third-order valence-electron chi connectivity index (χ3n) is 3.34. The van der Waals surface area contributed by atoms with E-state index in [1.54, 1.807) is 24.4 Å². The van der Waals surface area contributed by atoms with E-state index < -0.39 is 5.92 Å². The Labute approximate surface area is 123 Å². The number of rotatable bonds is 4. The van der Waals surface area contributed by atoms with Gasteiger partial charge in [0, 0.05) is 50.6 Å². The van der Waals surface area contributed by atoms with Gasteiger partial charge in [-0.3, -0.25) is 5.41 Å². The first-order valence-corrected chi connectivity index (χ1v) is 6.92. The molecule has 0 aromatic heterocycles. The van der Waals surface area contributed by atoms with E-state index >= 15 is 0 Å². The third kappa shape index (κ3) is 4.53. The second-order valence-electron chi connectivity index (χ2n) is 5.07. The van der Waals surface area contributed by atoms with E-state index in [2.05, 4.69) is 10.6 Å². The summed E-state index contributed by atoms with van der Waals surface area (Å²) in [5.41, 5.74) is 0.706. The highest BCUT2D eigenvalue weighted by molar-refractivity contribution is 5.90. The van der Waals surface area contributed by atoms with E-state index in [1.807, 2.05) is 4.90 Å². The summed E-state index contributed by atoms with van der Waals surface area (Å²) in [6.45, 7) is 4.30. The number of benzene rings is 1. The molecule has 0 bridgehead atoms. The fourth-order valence-corrected chi connectivity index (χ4v) is 2.09. The summed E-state index contributed by atoms with van der Waals surface area (Å²) >= 11 is 0. The van der Waals surface area contributed by atoms with Crippen LogP contribution in [0.5, 0.6) is 0 Å². The second kappa shape index (κ2) is 6.67. The average Bonchev–Trinajstić information content (AvgIpc) is 2.47. The molecule has 0 spiro atoms. The molecule has 4 nitrogen and oxygen atoms in total. The standard InChI is InChI=1S/C15H20F2N4/c1-15(16,17)12-2-4-13(5-3-12)20-7-6-14(18)21-10-8-19-9-11-21/h2-7,18-20H,8-11H2,1H3/b7-6-,18-14?. The molecule has 0 atom stereocenters. The topological polar surface area (TPSA) is 51.2 Å². The molecule has 0 unspecified atom stereocenters. The van der Waals surface area contributed by atoms with Crippen LogP contribution in [0.3, 0.4) is 0 Å². The Morgan fingerprint density at radius 3 is 2.48 bits per heavy atom. The van der Waals surface area contributed by atoms with Crippen LogP contribution >= 0.6 is 0 Å². The molecule has 1 aromatic carbocycles. The predicted molar refractivity (Wildman–Crippen MR) is 80.9 cm³/mol. The van der Waals surface area contributed by atoms with Crippen molar-refractivity contribution in [2.24, 2.45) is 0 Å². The summed E-state index contributed by atoms with van der Waals surface area (Å²) in [4.78, 5) is 1.98. The molecule has 0 saturated carbocycles. The smallest absolute Gasteiger partial charge is 0.270 e. The second-order valence-corrected chi connectivity index (χ2v) is 5.07. The van der Waals surface area contributed by atoms with E-state index in [0.717, 1.165) is 33.1 Å². The van der Waals surface area contributed by atoms with Crippen LogP contribution < -0.4 is 10.6 Å². The molecule has 2 rings (SSSR count). The zero-order valence-electron chi connectivity index (χ0n) is 12.0. The van der Waals surface area contributed by atoms with Gasteiger partial charge >= 0.3 is 0 Å². The molecule has 1 aromatic rings. The van der Waals surface area contributed by atoms with Crippen molar-refractivity contribution in [2.45, 2.75) is 12.8 Å². The van der Waals surface area contributed by atoms with Crippen LogP contribution in [0.1, 0.15) is 12.5 Å². The zero-order chi connectivity index (χ0) is 15.3. The van der Waals surface area contributed by atoms with Gasteiger partial charge in [-0.1, -0.05) is 12.1 Å². The Kier molecular flexibility index (Phi) is 4.90. The zero-order valence-corrected chi connectivity index (χ0v) is 12.0. The minimum absolute atomic E-state index is 0.00871. The van der Waals surface area contributed by atoms with Crippen molar-refractivity contribution < 1.29 is 8.78 Å². The van der Waals surface area contributed by atoms with Crippen molar-refractivity contribution in [2.75, 3.05) is 31.5 Å². The minimum Gasteiger partial charge on any atom is -0.362 e. The van der Waals surface area contributed by atoms with Gasteiger partial charge < -0.3 is 15.5 Å². The van der Waals surface area contributed by atoms with Crippen LogP contribution in [0.15, 0.2) is 36.5 Å². The first-order valence-electron chi connectivity index (χ1n) is 6.92. The lowest BCUT2D eigenvalue weighted by Crippen LogP contribution is -2.45. The number of anilines is 1. The van der Waals surface area contributed by atoms with Crippen molar-refractivity contribution >= 4 is 11.5 Å². The van der Waals surface area contributed by atoms with Gasteiger partial charge in [0.05, 0.1) is 0 Å². The van der Waals surface area contributed by atoms with Gasteiger partial charge in [0.1, 0.15) is 5.84 Å². The molecule has 21 heavy (non-hydrogen) atoms. The van der Waals surface area contributed by atoms with Gasteiger partial charge in [0.2, 0.25) is 0 Å². The fraction of sp³-hybridized carbons (Fsp3) is 0.400. The molecule has 0 aliphatic carbocycles. The Balaban J connectivity index is 1.87. The Bertz CT molecular complexity index is 499. The fourth-order valence-electron chi connectivity index (χ4n) is 2.09. The van der Waals surface area contributed by atoms with Gasteiger partial charge in [0.15, 0.2) is 0 Å². The van der Waals surface area contributed by atoms with Crippen molar-refractivity contribution in [3.63, 3.8) is 0 Å². The van der Waals surface area contributed by atoms with E-state index in [4.69, 9.17) is 5.41 Å². The first-order chi connectivity index (χ1) is 9.97. The highest BCUT2D eigenvalue weighted by atomic mass is 19.3. The number of hydrogen-bond donors (Lipinski definition) is 3. The van der Waals surface area contributed by atoms with Gasteiger partial charge in [-0.25, -0.2) is 8.78 Å². The van der Waals surface area contributed by atoms with Crippen molar-refractivity contribution in [1.82, 2.24) is 10.2 Å². The van der Waals surface area contributed by atoms with Gasteiger partial charge in [-0.05, 0) is 18.2 Å². The summed E-state index contributed by atoms with van der Waals surface area (Å²) in [5, 5.41) is 14.2. The molecule has 1 saturated heterocycles. The van der Waals surface area contributed by atoms with Crippen LogP contribution in [0.2, 0.25) is 0 Å². The normalized spacial score (nSPS) is 16.2. The Morgan fingerprint density at radius 1 is 1.29 bits per heavy atom. The molecular weight excluding hydrogens is 274 g/mol. The largest absolute Gasteiger partial charge is 0.362 e. The molecule has 1 aliphatic rings. The maximum absolute atomic E-state index is 13.1. The number of halogens is 2. The van der Waals surface area contributed by atoms with Crippen LogP contribution in [0.4, 0.5) is 14.5 Å². The van der Waals surface area contributed by atoms with Crippen molar-refractivity contribution in [1.29, 1.82) is 5.41 Å². The molecule has 6 heteroatoms. The lowest BCUT2D eigenvalue weighted by molar-refractivity contribution is 0.0175. The van der Waals surface area contributed by atoms with Crippen LogP contribution in [-0.4, -0.2) is 36.9 Å². The maximum Gasteiger partial charge on any atom is 0.270 e. The number of nitrogens with zero attached hydrogens (tertiary/aromatic N) is 1. The number of nitrogens with one attached hydrogen (secondary N) is 3. The van der Waals surface area contributed by atoms with Crippen LogP contribution in [-0.2, 0) is 5.92 Å².